The molecule has 0 fully saturated rings. The molecule has 1 aromatic heterocycles. The highest BCUT2D eigenvalue weighted by Crippen LogP contribution is 2.24. The van der Waals surface area contributed by atoms with Crippen molar-refractivity contribution in [1.82, 2.24) is 4.57 Å². The number of amides is 1. The van der Waals surface area contributed by atoms with Crippen LogP contribution in [0.2, 0.25) is 0 Å². The molecule has 0 aliphatic rings. The number of hydrogen-bond acceptors (Lipinski definition) is 5. The van der Waals surface area contributed by atoms with Crippen molar-refractivity contribution >= 4 is 48.9 Å². The first-order valence-electron chi connectivity index (χ1n) is 9.75. The fraction of sp³-hybridized carbons (Fsp3) is 0.130. The van der Waals surface area contributed by atoms with Crippen molar-refractivity contribution in [2.45, 2.75) is 18.7 Å². The predicted octanol–water partition coefficient (Wildman–Crippen LogP) is 4.27. The zero-order valence-electron chi connectivity index (χ0n) is 17.7. The number of carbonyl (C=O) groups is 1. The summed E-state index contributed by atoms with van der Waals surface area (Å²) in [6.07, 6.45) is 0. The van der Waals surface area contributed by atoms with Gasteiger partial charge >= 0.3 is 4.87 Å². The maximum Gasteiger partial charge on any atom is 0.307 e. The van der Waals surface area contributed by atoms with Gasteiger partial charge in [-0.3, -0.25) is 14.3 Å². The molecular weight excluding hydrogens is 446 g/mol. The molecule has 0 spiro atoms. The van der Waals surface area contributed by atoms with Gasteiger partial charge < -0.3 is 9.88 Å². The summed E-state index contributed by atoms with van der Waals surface area (Å²) in [4.78, 5) is 24.7. The van der Waals surface area contributed by atoms with Gasteiger partial charge in [-0.15, -0.1) is 0 Å². The smallest absolute Gasteiger partial charge is 0.307 e. The van der Waals surface area contributed by atoms with Crippen molar-refractivity contribution in [2.24, 2.45) is 7.05 Å². The Labute approximate surface area is 189 Å². The zero-order chi connectivity index (χ0) is 23.0. The predicted molar refractivity (Wildman–Crippen MR) is 128 cm³/mol. The van der Waals surface area contributed by atoms with Crippen LogP contribution in [0.1, 0.15) is 21.5 Å². The number of carbonyl (C=O) groups excluding carboxylic acids is 1. The molecule has 4 rings (SSSR count). The number of anilines is 2. The van der Waals surface area contributed by atoms with Crippen molar-refractivity contribution in [3.63, 3.8) is 0 Å². The van der Waals surface area contributed by atoms with E-state index in [2.05, 4.69) is 10.0 Å². The van der Waals surface area contributed by atoms with E-state index in [1.165, 1.54) is 18.2 Å². The maximum absolute atomic E-state index is 12.8. The Hall–Kier alpha value is -3.43. The van der Waals surface area contributed by atoms with Crippen molar-refractivity contribution < 1.29 is 13.2 Å². The van der Waals surface area contributed by atoms with Gasteiger partial charge in [0, 0.05) is 18.3 Å². The highest BCUT2D eigenvalue weighted by molar-refractivity contribution is 7.92. The highest BCUT2D eigenvalue weighted by atomic mass is 32.2. The van der Waals surface area contributed by atoms with Gasteiger partial charge in [0.2, 0.25) is 0 Å². The highest BCUT2D eigenvalue weighted by Gasteiger charge is 2.17. The minimum Gasteiger partial charge on any atom is -0.322 e. The third-order valence-corrected chi connectivity index (χ3v) is 7.50. The van der Waals surface area contributed by atoms with Crippen LogP contribution in [0.15, 0.2) is 70.4 Å². The summed E-state index contributed by atoms with van der Waals surface area (Å²) in [5.41, 5.74) is 3.62. The molecule has 0 atom stereocenters. The molecule has 1 amide bonds. The topological polar surface area (TPSA) is 97.3 Å². The fourth-order valence-electron chi connectivity index (χ4n) is 3.21. The van der Waals surface area contributed by atoms with Crippen LogP contribution in [0, 0.1) is 13.8 Å². The summed E-state index contributed by atoms with van der Waals surface area (Å²) in [5.74, 6) is -0.386. The third-order valence-electron chi connectivity index (χ3n) is 5.13. The molecule has 4 aromatic rings. The summed E-state index contributed by atoms with van der Waals surface area (Å²) in [7, 11) is -2.09. The van der Waals surface area contributed by atoms with Gasteiger partial charge in [0.15, 0.2) is 0 Å². The number of hydrogen-bond donors (Lipinski definition) is 2. The Morgan fingerprint density at radius 1 is 0.969 bits per heavy atom. The Morgan fingerprint density at radius 3 is 2.41 bits per heavy atom. The molecule has 0 unspecified atom stereocenters. The van der Waals surface area contributed by atoms with Crippen molar-refractivity contribution in [2.75, 3.05) is 10.0 Å². The average molecular weight is 468 g/mol. The summed E-state index contributed by atoms with van der Waals surface area (Å²) in [6, 6.07) is 16.6. The van der Waals surface area contributed by atoms with Crippen LogP contribution in [-0.4, -0.2) is 18.9 Å². The van der Waals surface area contributed by atoms with Crippen LogP contribution >= 0.6 is 11.3 Å². The Bertz CT molecular complexity index is 1500. The molecule has 7 nitrogen and oxygen atoms in total. The van der Waals surface area contributed by atoms with Crippen LogP contribution in [0.25, 0.3) is 10.2 Å². The quantitative estimate of drug-likeness (QED) is 0.458. The second kappa shape index (κ2) is 8.25. The van der Waals surface area contributed by atoms with E-state index >= 15 is 0 Å². The van der Waals surface area contributed by atoms with Gasteiger partial charge in [0.25, 0.3) is 15.9 Å². The van der Waals surface area contributed by atoms with E-state index in [9.17, 15) is 18.0 Å². The summed E-state index contributed by atoms with van der Waals surface area (Å²) >= 11 is 1.10. The molecule has 2 N–H and O–H groups in total. The minimum absolute atomic E-state index is 0.0764. The molecule has 0 saturated carbocycles. The standard InChI is InChI=1S/C23H21N3O4S2/c1-14-4-9-18(10-5-14)32(29,30)25-19-12-16(7-6-15(19)2)22(27)24-17-8-11-20-21(13-17)31-23(28)26(20)3/h4-13,25H,1-3H3,(H,24,27). The summed E-state index contributed by atoms with van der Waals surface area (Å²) < 4.78 is 30.4. The molecule has 0 radical (unpaired) electrons. The van der Waals surface area contributed by atoms with E-state index in [4.69, 9.17) is 0 Å². The zero-order valence-corrected chi connectivity index (χ0v) is 19.3. The van der Waals surface area contributed by atoms with Gasteiger partial charge in [-0.25, -0.2) is 8.42 Å². The molecule has 0 aliphatic heterocycles. The first-order chi connectivity index (χ1) is 15.1. The number of thiazole rings is 1. The molecule has 0 bridgehead atoms. The largest absolute Gasteiger partial charge is 0.322 e. The van der Waals surface area contributed by atoms with Crippen LogP contribution in [0.5, 0.6) is 0 Å². The molecular formula is C23H21N3O4S2. The van der Waals surface area contributed by atoms with E-state index in [0.29, 0.717) is 22.5 Å². The van der Waals surface area contributed by atoms with E-state index in [0.717, 1.165) is 27.1 Å². The lowest BCUT2D eigenvalue weighted by Crippen LogP contribution is -2.16. The number of aryl methyl sites for hydroxylation is 3. The maximum atomic E-state index is 12.8. The third kappa shape index (κ3) is 4.30. The molecule has 0 aliphatic carbocycles. The first kappa shape index (κ1) is 21.8. The first-order valence-corrected chi connectivity index (χ1v) is 12.0. The van der Waals surface area contributed by atoms with Crippen molar-refractivity contribution in [3.8, 4) is 0 Å². The van der Waals surface area contributed by atoms with E-state index < -0.39 is 10.0 Å². The number of fused-ring (bicyclic) bond motifs is 1. The monoisotopic (exact) mass is 467 g/mol. The van der Waals surface area contributed by atoms with Gasteiger partial charge in [-0.1, -0.05) is 35.1 Å². The number of nitrogens with zero attached hydrogens (tertiary/aromatic N) is 1. The number of rotatable bonds is 5. The van der Waals surface area contributed by atoms with Gasteiger partial charge in [-0.2, -0.15) is 0 Å². The number of sulfonamides is 1. The molecule has 9 heteroatoms. The number of benzene rings is 3. The summed E-state index contributed by atoms with van der Waals surface area (Å²) in [6.45, 7) is 3.64. The second-order valence-corrected chi connectivity index (χ2v) is 10.2. The summed E-state index contributed by atoms with van der Waals surface area (Å²) in [5, 5.41) is 2.81. The molecule has 3 aromatic carbocycles. The van der Waals surface area contributed by atoms with E-state index in [-0.39, 0.29) is 15.7 Å². The van der Waals surface area contributed by atoms with Crippen LogP contribution in [0.3, 0.4) is 0 Å². The van der Waals surface area contributed by atoms with Crippen LogP contribution in [-0.2, 0) is 17.1 Å². The SMILES string of the molecule is Cc1ccc(S(=O)(=O)Nc2cc(C(=O)Nc3ccc4c(c3)sc(=O)n4C)ccc2C)cc1. The van der Waals surface area contributed by atoms with E-state index in [1.807, 2.05) is 6.92 Å². The van der Waals surface area contributed by atoms with Crippen molar-refractivity contribution in [3.05, 3.63) is 87.0 Å². The number of aromatic nitrogens is 1. The Morgan fingerprint density at radius 2 is 1.69 bits per heavy atom. The van der Waals surface area contributed by atoms with Crippen LogP contribution < -0.4 is 14.9 Å². The van der Waals surface area contributed by atoms with Gasteiger partial charge in [0.1, 0.15) is 0 Å². The van der Waals surface area contributed by atoms with Crippen LogP contribution in [0.4, 0.5) is 11.4 Å². The molecule has 32 heavy (non-hydrogen) atoms. The van der Waals surface area contributed by atoms with E-state index in [1.54, 1.807) is 61.0 Å². The average Bonchev–Trinajstić information content (AvgIpc) is 3.03. The number of nitrogens with one attached hydrogen (secondary N) is 2. The Kier molecular flexibility index (Phi) is 5.62. The lowest BCUT2D eigenvalue weighted by molar-refractivity contribution is 0.102. The molecule has 164 valence electrons. The lowest BCUT2D eigenvalue weighted by Gasteiger charge is -2.13. The fourth-order valence-corrected chi connectivity index (χ4v) is 5.25. The molecule has 0 saturated heterocycles. The minimum atomic E-state index is -3.79. The Balaban J connectivity index is 1.58. The van der Waals surface area contributed by atoms with Gasteiger partial charge in [-0.05, 0) is 61.9 Å². The normalized spacial score (nSPS) is 11.5. The van der Waals surface area contributed by atoms with Gasteiger partial charge in [0.05, 0.1) is 20.8 Å². The lowest BCUT2D eigenvalue weighted by atomic mass is 10.1. The molecule has 1 heterocycles. The van der Waals surface area contributed by atoms with Crippen molar-refractivity contribution in [1.29, 1.82) is 0 Å². The second-order valence-electron chi connectivity index (χ2n) is 7.51.